The zero-order valence-corrected chi connectivity index (χ0v) is 16.6. The molecule has 0 saturated heterocycles. The zero-order chi connectivity index (χ0) is 18.6. The van der Waals surface area contributed by atoms with Gasteiger partial charge in [0.05, 0.1) is 11.0 Å². The Morgan fingerprint density at radius 2 is 1.65 bits per heavy atom. The Hall–Kier alpha value is -0.840. The first kappa shape index (κ1) is 19.9. The fourth-order valence-electron chi connectivity index (χ4n) is 5.73. The number of carboxylic acid groups (broad SMARTS) is 1. The first-order valence-electron chi connectivity index (χ1n) is 10.6. The monoisotopic (exact) mass is 382 g/mol. The molecule has 3 aliphatic rings. The number of allylic oxidation sites excluding steroid dienone is 2. The molecular formula is C21H34O4S. The maximum absolute atomic E-state index is 13.0. The molecular weight excluding hydrogens is 348 g/mol. The van der Waals surface area contributed by atoms with Crippen molar-refractivity contribution >= 4 is 15.8 Å². The van der Waals surface area contributed by atoms with Crippen molar-refractivity contribution in [1.29, 1.82) is 0 Å². The Balaban J connectivity index is 1.55. The zero-order valence-electron chi connectivity index (χ0n) is 15.8. The van der Waals surface area contributed by atoms with Crippen LogP contribution in [-0.2, 0) is 14.6 Å². The van der Waals surface area contributed by atoms with Gasteiger partial charge in [0, 0.05) is 6.42 Å². The van der Waals surface area contributed by atoms with Crippen LogP contribution >= 0.6 is 0 Å². The van der Waals surface area contributed by atoms with Crippen molar-refractivity contribution in [2.45, 2.75) is 82.3 Å². The van der Waals surface area contributed by atoms with Crippen molar-refractivity contribution in [3.05, 3.63) is 12.2 Å². The van der Waals surface area contributed by atoms with Crippen molar-refractivity contribution < 1.29 is 18.3 Å². The number of hydrogen-bond donors (Lipinski definition) is 1. The summed E-state index contributed by atoms with van der Waals surface area (Å²) >= 11 is 0. The van der Waals surface area contributed by atoms with Crippen molar-refractivity contribution in [3.63, 3.8) is 0 Å². The number of aliphatic carboxylic acids is 1. The summed E-state index contributed by atoms with van der Waals surface area (Å²) < 4.78 is 25.9. The Bertz CT molecular complexity index is 604. The molecule has 0 unspecified atom stereocenters. The lowest BCUT2D eigenvalue weighted by molar-refractivity contribution is -0.137. The second-order valence-corrected chi connectivity index (χ2v) is 11.1. The van der Waals surface area contributed by atoms with Crippen molar-refractivity contribution in [1.82, 2.24) is 0 Å². The molecule has 0 aromatic carbocycles. The molecule has 0 aromatic heterocycles. The van der Waals surface area contributed by atoms with Crippen LogP contribution in [0, 0.1) is 23.7 Å². The average molecular weight is 383 g/mol. The minimum absolute atomic E-state index is 0.0809. The van der Waals surface area contributed by atoms with E-state index in [1.165, 1.54) is 25.7 Å². The van der Waals surface area contributed by atoms with Gasteiger partial charge in [-0.3, -0.25) is 4.79 Å². The summed E-state index contributed by atoms with van der Waals surface area (Å²) in [5.74, 6) is 1.86. The minimum Gasteiger partial charge on any atom is -0.481 e. The number of carbonyl (C=O) groups is 1. The molecule has 3 aliphatic carbocycles. The molecule has 2 bridgehead atoms. The minimum atomic E-state index is -2.96. The van der Waals surface area contributed by atoms with Gasteiger partial charge in [-0.15, -0.1) is 0 Å². The molecule has 1 N–H and O–H groups in total. The van der Waals surface area contributed by atoms with Crippen LogP contribution in [0.25, 0.3) is 0 Å². The van der Waals surface area contributed by atoms with E-state index >= 15 is 0 Å². The van der Waals surface area contributed by atoms with E-state index in [4.69, 9.17) is 5.11 Å². The number of carboxylic acids is 1. The molecule has 4 nitrogen and oxygen atoms in total. The quantitative estimate of drug-likeness (QED) is 0.467. The van der Waals surface area contributed by atoms with E-state index < -0.39 is 15.8 Å². The largest absolute Gasteiger partial charge is 0.481 e. The van der Waals surface area contributed by atoms with Gasteiger partial charge in [-0.05, 0) is 75.0 Å². The van der Waals surface area contributed by atoms with Crippen LogP contribution in [0.15, 0.2) is 12.2 Å². The SMILES string of the molecule is O=C(O)CCC/C=C\C[C@H]1[C@H]2CC[C@H](C2)[C@H]1CS(=O)(=O)C1CCCCC1. The second kappa shape index (κ2) is 8.90. The molecule has 4 atom stereocenters. The lowest BCUT2D eigenvalue weighted by atomic mass is 9.78. The summed E-state index contributed by atoms with van der Waals surface area (Å²) in [5, 5.41) is 8.60. The Morgan fingerprint density at radius 3 is 2.35 bits per heavy atom. The van der Waals surface area contributed by atoms with Crippen LogP contribution in [0.1, 0.15) is 77.0 Å². The third-order valence-corrected chi connectivity index (χ3v) is 9.43. The summed E-state index contributed by atoms with van der Waals surface area (Å²) in [6.45, 7) is 0. The van der Waals surface area contributed by atoms with Gasteiger partial charge in [-0.1, -0.05) is 31.4 Å². The number of fused-ring (bicyclic) bond motifs is 2. The van der Waals surface area contributed by atoms with E-state index in [2.05, 4.69) is 12.2 Å². The van der Waals surface area contributed by atoms with Crippen LogP contribution in [0.2, 0.25) is 0 Å². The van der Waals surface area contributed by atoms with Gasteiger partial charge >= 0.3 is 5.97 Å². The summed E-state index contributed by atoms with van der Waals surface area (Å²) in [4.78, 5) is 10.6. The van der Waals surface area contributed by atoms with Gasteiger partial charge in [-0.25, -0.2) is 8.42 Å². The standard InChI is InChI=1S/C21H34O4S/c22-21(23)11-7-2-1-6-10-19-16-12-13-17(14-16)20(19)15-26(24,25)18-8-4-3-5-9-18/h1,6,16-20H,2-5,7-15H2,(H,22,23)/b6-1-/t16-,17+,19-,20+/m0/s1. The van der Waals surface area contributed by atoms with E-state index in [1.807, 2.05) is 0 Å². The van der Waals surface area contributed by atoms with E-state index in [0.29, 0.717) is 35.8 Å². The number of sulfone groups is 1. The van der Waals surface area contributed by atoms with Gasteiger partial charge in [0.15, 0.2) is 9.84 Å². The van der Waals surface area contributed by atoms with Gasteiger partial charge in [-0.2, -0.15) is 0 Å². The molecule has 3 saturated carbocycles. The molecule has 0 radical (unpaired) electrons. The van der Waals surface area contributed by atoms with E-state index in [0.717, 1.165) is 38.5 Å². The highest BCUT2D eigenvalue weighted by Gasteiger charge is 2.48. The van der Waals surface area contributed by atoms with Gasteiger partial charge in [0.25, 0.3) is 0 Å². The lowest BCUT2D eigenvalue weighted by Gasteiger charge is -2.32. The molecule has 26 heavy (non-hydrogen) atoms. The van der Waals surface area contributed by atoms with Crippen LogP contribution in [0.5, 0.6) is 0 Å². The molecule has 0 heterocycles. The first-order chi connectivity index (χ1) is 12.5. The summed E-state index contributed by atoms with van der Waals surface area (Å²) in [6, 6.07) is 0. The van der Waals surface area contributed by atoms with Gasteiger partial charge in [0.2, 0.25) is 0 Å². The van der Waals surface area contributed by atoms with Crippen molar-refractivity contribution in [2.24, 2.45) is 23.7 Å². The fraction of sp³-hybridized carbons (Fsp3) is 0.857. The highest BCUT2D eigenvalue weighted by atomic mass is 32.2. The van der Waals surface area contributed by atoms with Crippen molar-refractivity contribution in [2.75, 3.05) is 5.75 Å². The van der Waals surface area contributed by atoms with Crippen LogP contribution in [0.3, 0.4) is 0 Å². The average Bonchev–Trinajstić information content (AvgIpc) is 3.20. The smallest absolute Gasteiger partial charge is 0.303 e. The third kappa shape index (κ3) is 4.90. The molecule has 3 fully saturated rings. The molecule has 148 valence electrons. The van der Waals surface area contributed by atoms with Gasteiger partial charge in [0.1, 0.15) is 0 Å². The lowest BCUT2D eigenvalue weighted by Crippen LogP contribution is -2.34. The molecule has 0 aromatic rings. The normalized spacial score (nSPS) is 32.5. The Kier molecular flexibility index (Phi) is 6.81. The van der Waals surface area contributed by atoms with Crippen molar-refractivity contribution in [3.8, 4) is 0 Å². The second-order valence-electron chi connectivity index (χ2n) is 8.74. The van der Waals surface area contributed by atoms with E-state index in [-0.39, 0.29) is 11.7 Å². The summed E-state index contributed by atoms with van der Waals surface area (Å²) in [6.07, 6.45) is 15.8. The highest BCUT2D eigenvalue weighted by Crippen LogP contribution is 2.54. The molecule has 0 amide bonds. The molecule has 5 heteroatoms. The summed E-state index contributed by atoms with van der Waals surface area (Å²) in [7, 11) is -2.96. The van der Waals surface area contributed by atoms with Crippen LogP contribution < -0.4 is 0 Å². The topological polar surface area (TPSA) is 71.4 Å². The van der Waals surface area contributed by atoms with Gasteiger partial charge < -0.3 is 5.11 Å². The van der Waals surface area contributed by atoms with Crippen LogP contribution in [-0.4, -0.2) is 30.5 Å². The highest BCUT2D eigenvalue weighted by molar-refractivity contribution is 7.92. The predicted molar refractivity (Wildman–Crippen MR) is 104 cm³/mol. The fourth-order valence-corrected chi connectivity index (χ4v) is 8.11. The van der Waals surface area contributed by atoms with Crippen LogP contribution in [0.4, 0.5) is 0 Å². The summed E-state index contributed by atoms with van der Waals surface area (Å²) in [5.41, 5.74) is 0. The number of rotatable bonds is 9. The Labute approximate surface area is 158 Å². The molecule has 3 rings (SSSR count). The predicted octanol–water partition coefficient (Wildman–Crippen LogP) is 4.60. The van der Waals surface area contributed by atoms with E-state index in [1.54, 1.807) is 0 Å². The maximum Gasteiger partial charge on any atom is 0.303 e. The Morgan fingerprint density at radius 1 is 0.962 bits per heavy atom. The third-order valence-electron chi connectivity index (χ3n) is 7.10. The number of unbranched alkanes of at least 4 members (excludes halogenated alkanes) is 1. The molecule has 0 spiro atoms. The number of hydrogen-bond acceptors (Lipinski definition) is 3. The molecule has 0 aliphatic heterocycles. The first-order valence-corrected chi connectivity index (χ1v) is 12.3. The van der Waals surface area contributed by atoms with E-state index in [9.17, 15) is 13.2 Å². The maximum atomic E-state index is 13.0.